The van der Waals surface area contributed by atoms with E-state index in [1.165, 1.54) is 0 Å². The first kappa shape index (κ1) is 14.5. The number of hydrogen-bond donors (Lipinski definition) is 1. The van der Waals surface area contributed by atoms with Gasteiger partial charge in [0.15, 0.2) is 5.82 Å². The molecular formula is C12H18ClN3O3. The molecule has 0 spiro atoms. The van der Waals surface area contributed by atoms with Crippen molar-refractivity contribution in [3.8, 4) is 0 Å². The summed E-state index contributed by atoms with van der Waals surface area (Å²) in [5.41, 5.74) is 0. The maximum Gasteiger partial charge on any atom is 0.158 e. The van der Waals surface area contributed by atoms with Gasteiger partial charge < -0.3 is 19.5 Å². The molecule has 1 aliphatic heterocycles. The second-order valence-electron chi connectivity index (χ2n) is 4.21. The number of rotatable bonds is 5. The first-order valence-electron chi connectivity index (χ1n) is 6.31. The van der Waals surface area contributed by atoms with Crippen LogP contribution in [-0.2, 0) is 16.1 Å². The summed E-state index contributed by atoms with van der Waals surface area (Å²) < 4.78 is 10.6. The number of aromatic nitrogens is 2. The van der Waals surface area contributed by atoms with Crippen LogP contribution in [0.15, 0.2) is 6.07 Å². The van der Waals surface area contributed by atoms with Gasteiger partial charge in [0.05, 0.1) is 25.9 Å². The van der Waals surface area contributed by atoms with Gasteiger partial charge >= 0.3 is 0 Å². The summed E-state index contributed by atoms with van der Waals surface area (Å²) in [7, 11) is 0. The van der Waals surface area contributed by atoms with E-state index < -0.39 is 0 Å². The van der Waals surface area contributed by atoms with Crippen LogP contribution in [0.4, 0.5) is 5.82 Å². The molecule has 2 rings (SSSR count). The summed E-state index contributed by atoms with van der Waals surface area (Å²) in [4.78, 5) is 10.6. The minimum Gasteiger partial charge on any atom is -0.394 e. The van der Waals surface area contributed by atoms with E-state index in [1.54, 1.807) is 6.07 Å². The fourth-order valence-electron chi connectivity index (χ4n) is 1.96. The predicted octanol–water partition coefficient (Wildman–Crippen LogP) is 0.864. The molecule has 0 bridgehead atoms. The molecule has 6 nitrogen and oxygen atoms in total. The van der Waals surface area contributed by atoms with E-state index in [4.69, 9.17) is 21.1 Å². The molecule has 1 aliphatic rings. The number of aliphatic hydroxyl groups is 1. The molecule has 19 heavy (non-hydrogen) atoms. The van der Waals surface area contributed by atoms with Crippen molar-refractivity contribution in [2.24, 2.45) is 0 Å². The van der Waals surface area contributed by atoms with Gasteiger partial charge in [-0.05, 0) is 6.92 Å². The highest BCUT2D eigenvalue weighted by molar-refractivity contribution is 6.29. The van der Waals surface area contributed by atoms with Gasteiger partial charge in [0.2, 0.25) is 0 Å². The highest BCUT2D eigenvalue weighted by Gasteiger charge is 2.24. The lowest BCUT2D eigenvalue weighted by molar-refractivity contribution is 0.0721. The third-order valence-electron chi connectivity index (χ3n) is 2.90. The van der Waals surface area contributed by atoms with E-state index in [2.05, 4.69) is 9.97 Å². The maximum atomic E-state index is 9.38. The van der Waals surface area contributed by atoms with Gasteiger partial charge in [0.25, 0.3) is 0 Å². The molecule has 1 aromatic heterocycles. The van der Waals surface area contributed by atoms with Crippen molar-refractivity contribution < 1.29 is 14.6 Å². The average Bonchev–Trinajstić information content (AvgIpc) is 2.44. The molecule has 1 atom stereocenters. The van der Waals surface area contributed by atoms with Crippen molar-refractivity contribution in [1.29, 1.82) is 0 Å². The van der Waals surface area contributed by atoms with Crippen molar-refractivity contribution >= 4 is 17.4 Å². The first-order valence-corrected chi connectivity index (χ1v) is 6.68. The van der Waals surface area contributed by atoms with Gasteiger partial charge in [-0.25, -0.2) is 9.97 Å². The summed E-state index contributed by atoms with van der Waals surface area (Å²) in [5.74, 6) is 1.25. The van der Waals surface area contributed by atoms with Crippen LogP contribution < -0.4 is 4.90 Å². The van der Waals surface area contributed by atoms with Crippen LogP contribution in [0.3, 0.4) is 0 Å². The van der Waals surface area contributed by atoms with E-state index in [-0.39, 0.29) is 12.6 Å². The van der Waals surface area contributed by atoms with E-state index in [0.717, 1.165) is 0 Å². The van der Waals surface area contributed by atoms with E-state index in [0.29, 0.717) is 49.8 Å². The topological polar surface area (TPSA) is 67.7 Å². The second kappa shape index (κ2) is 7.00. The summed E-state index contributed by atoms with van der Waals surface area (Å²) in [6.07, 6.45) is 0. The Balaban J connectivity index is 2.19. The fraction of sp³-hybridized carbons (Fsp3) is 0.667. The lowest BCUT2D eigenvalue weighted by Crippen LogP contribution is -2.48. The summed E-state index contributed by atoms with van der Waals surface area (Å²) in [6, 6.07) is 1.60. The molecule has 0 aromatic carbocycles. The van der Waals surface area contributed by atoms with Crippen LogP contribution in [0, 0.1) is 0 Å². The Hall–Kier alpha value is -0.950. The normalized spacial score (nSPS) is 19.7. The Bertz CT molecular complexity index is 419. The number of anilines is 1. The summed E-state index contributed by atoms with van der Waals surface area (Å²) in [5, 5.41) is 9.76. The number of morpholine rings is 1. The zero-order valence-corrected chi connectivity index (χ0v) is 11.6. The van der Waals surface area contributed by atoms with Crippen molar-refractivity contribution in [3.63, 3.8) is 0 Å². The molecule has 1 saturated heterocycles. The van der Waals surface area contributed by atoms with E-state index >= 15 is 0 Å². The Morgan fingerprint density at radius 3 is 3.16 bits per heavy atom. The van der Waals surface area contributed by atoms with Crippen LogP contribution in [0.1, 0.15) is 12.7 Å². The van der Waals surface area contributed by atoms with Crippen molar-refractivity contribution in [1.82, 2.24) is 9.97 Å². The van der Waals surface area contributed by atoms with Crippen molar-refractivity contribution in [2.45, 2.75) is 19.6 Å². The number of hydrogen-bond acceptors (Lipinski definition) is 6. The van der Waals surface area contributed by atoms with E-state index in [9.17, 15) is 5.11 Å². The van der Waals surface area contributed by atoms with E-state index in [1.807, 2.05) is 11.8 Å². The molecule has 1 N–H and O–H groups in total. The minimum absolute atomic E-state index is 0.0163. The molecule has 0 saturated carbocycles. The Kier molecular flexibility index (Phi) is 5.33. The highest BCUT2D eigenvalue weighted by Crippen LogP contribution is 2.20. The third-order valence-corrected chi connectivity index (χ3v) is 3.09. The molecule has 1 unspecified atom stereocenters. The lowest BCUT2D eigenvalue weighted by Gasteiger charge is -2.35. The Morgan fingerprint density at radius 1 is 1.58 bits per heavy atom. The average molecular weight is 288 g/mol. The lowest BCUT2D eigenvalue weighted by atomic mass is 10.2. The van der Waals surface area contributed by atoms with Gasteiger partial charge in [0, 0.05) is 19.2 Å². The number of ether oxygens (including phenoxy) is 2. The Labute approximate surface area is 117 Å². The molecule has 2 heterocycles. The van der Waals surface area contributed by atoms with Crippen LogP contribution in [0.25, 0.3) is 0 Å². The third kappa shape index (κ3) is 3.76. The van der Waals surface area contributed by atoms with Gasteiger partial charge in [-0.3, -0.25) is 0 Å². The predicted molar refractivity (Wildman–Crippen MR) is 71.4 cm³/mol. The maximum absolute atomic E-state index is 9.38. The zero-order chi connectivity index (χ0) is 13.7. The number of halogens is 1. The quantitative estimate of drug-likeness (QED) is 0.811. The smallest absolute Gasteiger partial charge is 0.158 e. The molecule has 1 aromatic rings. The SMILES string of the molecule is CCOCc1nc(Cl)cc(N2CCOCC2CO)n1. The summed E-state index contributed by atoms with van der Waals surface area (Å²) in [6.45, 7) is 4.63. The standard InChI is InChI=1S/C12H18ClN3O3/c1-2-18-8-11-14-10(13)5-12(15-11)16-3-4-19-7-9(16)6-17/h5,9,17H,2-4,6-8H2,1H3. The fourth-order valence-corrected chi connectivity index (χ4v) is 2.16. The molecule has 0 aliphatic carbocycles. The zero-order valence-electron chi connectivity index (χ0n) is 10.9. The van der Waals surface area contributed by atoms with Gasteiger partial charge in [-0.2, -0.15) is 0 Å². The van der Waals surface area contributed by atoms with Crippen LogP contribution in [-0.4, -0.2) is 54.1 Å². The van der Waals surface area contributed by atoms with Crippen LogP contribution in [0.5, 0.6) is 0 Å². The Morgan fingerprint density at radius 2 is 2.42 bits per heavy atom. The van der Waals surface area contributed by atoms with Gasteiger partial charge in [-0.15, -0.1) is 0 Å². The molecule has 7 heteroatoms. The second-order valence-corrected chi connectivity index (χ2v) is 4.59. The number of nitrogens with zero attached hydrogens (tertiary/aromatic N) is 3. The van der Waals surface area contributed by atoms with Crippen LogP contribution >= 0.6 is 11.6 Å². The highest BCUT2D eigenvalue weighted by atomic mass is 35.5. The monoisotopic (exact) mass is 287 g/mol. The molecular weight excluding hydrogens is 270 g/mol. The van der Waals surface area contributed by atoms with Gasteiger partial charge in [-0.1, -0.05) is 11.6 Å². The minimum atomic E-state index is -0.0975. The molecule has 106 valence electrons. The number of aliphatic hydroxyl groups excluding tert-OH is 1. The first-order chi connectivity index (χ1) is 9.24. The van der Waals surface area contributed by atoms with Crippen molar-refractivity contribution in [2.75, 3.05) is 37.9 Å². The van der Waals surface area contributed by atoms with Gasteiger partial charge in [0.1, 0.15) is 17.6 Å². The summed E-state index contributed by atoms with van der Waals surface area (Å²) >= 11 is 6.01. The molecule has 1 fully saturated rings. The van der Waals surface area contributed by atoms with Crippen molar-refractivity contribution in [3.05, 3.63) is 17.0 Å². The largest absolute Gasteiger partial charge is 0.394 e. The molecule has 0 radical (unpaired) electrons. The molecule has 0 amide bonds. The van der Waals surface area contributed by atoms with Crippen LogP contribution in [0.2, 0.25) is 5.15 Å².